The number of benzene rings is 3. The minimum absolute atomic E-state index is 0.0622. The summed E-state index contributed by atoms with van der Waals surface area (Å²) in [5.74, 6) is -0.448. The molecule has 3 nitrogen and oxygen atoms in total. The number of fused-ring (bicyclic) bond motifs is 1. The summed E-state index contributed by atoms with van der Waals surface area (Å²) in [7, 11) is 0. The molecule has 0 aromatic heterocycles. The van der Waals surface area contributed by atoms with Crippen molar-refractivity contribution in [2.45, 2.75) is 13.8 Å². The van der Waals surface area contributed by atoms with E-state index >= 15 is 0 Å². The van der Waals surface area contributed by atoms with E-state index in [0.717, 1.165) is 22.2 Å². The predicted molar refractivity (Wildman–Crippen MR) is 94.5 cm³/mol. The molecule has 0 radical (unpaired) electrons. The minimum atomic E-state index is -0.385. The monoisotopic (exact) mass is 325 g/mol. The van der Waals surface area contributed by atoms with Gasteiger partial charge in [0.1, 0.15) is 5.75 Å². The van der Waals surface area contributed by atoms with Crippen LogP contribution in [-0.2, 0) is 0 Å². The molecule has 0 aliphatic carbocycles. The van der Waals surface area contributed by atoms with Crippen LogP contribution in [0, 0.1) is 13.8 Å². The maximum Gasteiger partial charge on any atom is 0.259 e. The van der Waals surface area contributed by atoms with Gasteiger partial charge in [0.15, 0.2) is 0 Å². The van der Waals surface area contributed by atoms with Crippen molar-refractivity contribution in [1.82, 2.24) is 0 Å². The Hall–Kier alpha value is -2.52. The molecule has 0 unspecified atom stereocenters. The second-order valence-electron chi connectivity index (χ2n) is 5.57. The molecule has 0 aliphatic rings. The van der Waals surface area contributed by atoms with Gasteiger partial charge in [-0.05, 0) is 37.1 Å². The van der Waals surface area contributed by atoms with Crippen molar-refractivity contribution in [3.63, 3.8) is 0 Å². The molecule has 23 heavy (non-hydrogen) atoms. The van der Waals surface area contributed by atoms with E-state index in [1.54, 1.807) is 12.1 Å². The van der Waals surface area contributed by atoms with Crippen molar-refractivity contribution < 1.29 is 9.90 Å². The number of carbonyl (C=O) groups is 1. The second kappa shape index (κ2) is 5.94. The highest BCUT2D eigenvalue weighted by Crippen LogP contribution is 2.34. The third kappa shape index (κ3) is 2.88. The van der Waals surface area contributed by atoms with E-state index < -0.39 is 0 Å². The summed E-state index contributed by atoms with van der Waals surface area (Å²) in [4.78, 5) is 12.6. The van der Waals surface area contributed by atoms with Crippen LogP contribution in [-0.4, -0.2) is 11.0 Å². The molecular weight excluding hydrogens is 310 g/mol. The number of phenolic OH excluding ortho intramolecular Hbond substituents is 1. The Morgan fingerprint density at radius 2 is 1.74 bits per heavy atom. The number of nitrogens with one attached hydrogen (secondary N) is 1. The number of phenols is 1. The van der Waals surface area contributed by atoms with Gasteiger partial charge in [0.25, 0.3) is 5.91 Å². The Morgan fingerprint density at radius 1 is 1.04 bits per heavy atom. The molecule has 0 spiro atoms. The Kier molecular flexibility index (Phi) is 3.97. The number of carbonyl (C=O) groups excluding carboxylic acids is 1. The molecule has 2 N–H and O–H groups in total. The zero-order valence-electron chi connectivity index (χ0n) is 12.9. The van der Waals surface area contributed by atoms with E-state index in [1.807, 2.05) is 44.2 Å². The van der Waals surface area contributed by atoms with Gasteiger partial charge < -0.3 is 10.4 Å². The topological polar surface area (TPSA) is 49.3 Å². The number of hydrogen-bond acceptors (Lipinski definition) is 2. The second-order valence-corrected chi connectivity index (χ2v) is 5.98. The van der Waals surface area contributed by atoms with Gasteiger partial charge in [-0.25, -0.2) is 0 Å². The molecule has 1 amide bonds. The van der Waals surface area contributed by atoms with Gasteiger partial charge in [-0.3, -0.25) is 4.79 Å². The van der Waals surface area contributed by atoms with Crippen LogP contribution in [0.5, 0.6) is 5.75 Å². The van der Waals surface area contributed by atoms with Crippen molar-refractivity contribution in [1.29, 1.82) is 0 Å². The smallest absolute Gasteiger partial charge is 0.259 e. The molecule has 0 bridgehead atoms. The molecule has 0 aliphatic heterocycles. The first-order chi connectivity index (χ1) is 11.0. The number of amides is 1. The van der Waals surface area contributed by atoms with Crippen LogP contribution in [0.4, 0.5) is 5.69 Å². The summed E-state index contributed by atoms with van der Waals surface area (Å²) in [6, 6.07) is 14.5. The lowest BCUT2D eigenvalue weighted by molar-refractivity contribution is 0.102. The van der Waals surface area contributed by atoms with Gasteiger partial charge in [0.2, 0.25) is 0 Å². The lowest BCUT2D eigenvalue weighted by Gasteiger charge is -2.12. The number of aromatic hydroxyl groups is 1. The average molecular weight is 326 g/mol. The van der Waals surface area contributed by atoms with Crippen LogP contribution >= 0.6 is 11.6 Å². The van der Waals surface area contributed by atoms with Crippen molar-refractivity contribution >= 4 is 34.0 Å². The van der Waals surface area contributed by atoms with Crippen molar-refractivity contribution in [3.05, 3.63) is 70.2 Å². The molecule has 116 valence electrons. The Balaban J connectivity index is 2.04. The van der Waals surface area contributed by atoms with Crippen LogP contribution in [0.15, 0.2) is 48.5 Å². The quantitative estimate of drug-likeness (QED) is 0.691. The molecule has 0 saturated heterocycles. The zero-order chi connectivity index (χ0) is 16.6. The fraction of sp³-hybridized carbons (Fsp3) is 0.105. The summed E-state index contributed by atoms with van der Waals surface area (Å²) in [6.07, 6.45) is 0. The molecule has 3 aromatic carbocycles. The van der Waals surface area contributed by atoms with Crippen molar-refractivity contribution in [2.24, 2.45) is 0 Å². The highest BCUT2D eigenvalue weighted by Gasteiger charge is 2.17. The minimum Gasteiger partial charge on any atom is -0.506 e. The molecule has 0 fully saturated rings. The molecule has 4 heteroatoms. The number of rotatable bonds is 2. The predicted octanol–water partition coefficient (Wildman–Crippen LogP) is 5.07. The normalized spacial score (nSPS) is 10.7. The SMILES string of the molecule is Cc1ccc(C)c(NC(=O)c2cc(Cl)c3ccccc3c2O)c1. The standard InChI is InChI=1S/C19H16ClNO2/c1-11-7-8-12(2)17(9-11)21-19(23)15-10-16(20)13-5-3-4-6-14(13)18(15)22/h3-10,22H,1-2H3,(H,21,23). The van der Waals surface area contributed by atoms with Gasteiger partial charge in [0, 0.05) is 21.5 Å². The van der Waals surface area contributed by atoms with Gasteiger partial charge >= 0.3 is 0 Å². The summed E-state index contributed by atoms with van der Waals surface area (Å²) in [5, 5.41) is 15.0. The number of anilines is 1. The number of halogens is 1. The Labute approximate surface area is 139 Å². The van der Waals surface area contributed by atoms with Crippen LogP contribution in [0.1, 0.15) is 21.5 Å². The van der Waals surface area contributed by atoms with E-state index in [1.165, 1.54) is 6.07 Å². The highest BCUT2D eigenvalue weighted by atomic mass is 35.5. The van der Waals surface area contributed by atoms with E-state index in [-0.39, 0.29) is 17.2 Å². The van der Waals surface area contributed by atoms with Crippen LogP contribution in [0.3, 0.4) is 0 Å². The Morgan fingerprint density at radius 3 is 2.48 bits per heavy atom. The van der Waals surface area contributed by atoms with Gasteiger partial charge in [0.05, 0.1) is 5.56 Å². The van der Waals surface area contributed by atoms with Gasteiger partial charge in [-0.15, -0.1) is 0 Å². The summed E-state index contributed by atoms with van der Waals surface area (Å²) in [5.41, 5.74) is 2.88. The molecule has 0 atom stereocenters. The molecule has 0 saturated carbocycles. The van der Waals surface area contributed by atoms with Crippen LogP contribution in [0.25, 0.3) is 10.8 Å². The van der Waals surface area contributed by atoms with Gasteiger partial charge in [-0.1, -0.05) is 48.0 Å². The summed E-state index contributed by atoms with van der Waals surface area (Å²) >= 11 is 6.25. The number of aryl methyl sites for hydroxylation is 2. The van der Waals surface area contributed by atoms with E-state index in [9.17, 15) is 9.90 Å². The fourth-order valence-electron chi connectivity index (χ4n) is 2.55. The molecule has 0 heterocycles. The molecular formula is C19H16ClNO2. The molecule has 3 aromatic rings. The highest BCUT2D eigenvalue weighted by molar-refractivity contribution is 6.36. The van der Waals surface area contributed by atoms with E-state index in [4.69, 9.17) is 11.6 Å². The summed E-state index contributed by atoms with van der Waals surface area (Å²) in [6.45, 7) is 3.88. The third-order valence-electron chi connectivity index (χ3n) is 3.85. The van der Waals surface area contributed by atoms with E-state index in [2.05, 4.69) is 5.32 Å². The van der Waals surface area contributed by atoms with Crippen LogP contribution < -0.4 is 5.32 Å². The lowest BCUT2D eigenvalue weighted by atomic mass is 10.0. The maximum atomic E-state index is 12.6. The largest absolute Gasteiger partial charge is 0.506 e. The van der Waals surface area contributed by atoms with Gasteiger partial charge in [-0.2, -0.15) is 0 Å². The summed E-state index contributed by atoms with van der Waals surface area (Å²) < 4.78 is 0. The number of hydrogen-bond donors (Lipinski definition) is 2. The van der Waals surface area contributed by atoms with Crippen molar-refractivity contribution in [3.8, 4) is 5.75 Å². The van der Waals surface area contributed by atoms with Crippen molar-refractivity contribution in [2.75, 3.05) is 5.32 Å². The zero-order valence-corrected chi connectivity index (χ0v) is 13.6. The van der Waals surface area contributed by atoms with E-state index in [0.29, 0.717) is 10.4 Å². The average Bonchev–Trinajstić information content (AvgIpc) is 2.54. The molecule has 3 rings (SSSR count). The first-order valence-corrected chi connectivity index (χ1v) is 7.64. The lowest BCUT2D eigenvalue weighted by Crippen LogP contribution is -2.13. The third-order valence-corrected chi connectivity index (χ3v) is 4.16. The first kappa shape index (κ1) is 15.4. The Bertz CT molecular complexity index is 919. The van der Waals surface area contributed by atoms with Crippen LogP contribution in [0.2, 0.25) is 5.02 Å². The first-order valence-electron chi connectivity index (χ1n) is 7.26. The maximum absolute atomic E-state index is 12.6. The fourth-order valence-corrected chi connectivity index (χ4v) is 2.82.